The Morgan fingerprint density at radius 1 is 0.525 bits per heavy atom. The van der Waals surface area contributed by atoms with E-state index in [0.29, 0.717) is 0 Å². The van der Waals surface area contributed by atoms with E-state index in [1.807, 2.05) is 11.1 Å². The molecule has 2 unspecified atom stereocenters. The molecule has 40 heavy (non-hydrogen) atoms. The van der Waals surface area contributed by atoms with E-state index in [1.165, 1.54) is 47.9 Å². The van der Waals surface area contributed by atoms with Crippen LogP contribution in [0.15, 0.2) is 108 Å². The Balaban J connectivity index is 1.31. The third kappa shape index (κ3) is 4.25. The average Bonchev–Trinajstić information content (AvgIpc) is 3.93. The summed E-state index contributed by atoms with van der Waals surface area (Å²) in [4.78, 5) is 0. The van der Waals surface area contributed by atoms with Gasteiger partial charge in [-0.25, -0.2) is 0 Å². The molecule has 2 saturated carbocycles. The van der Waals surface area contributed by atoms with Gasteiger partial charge in [0.25, 0.3) is 0 Å². The normalized spacial score (nSPS) is 20.9. The van der Waals surface area contributed by atoms with Crippen molar-refractivity contribution in [3.63, 3.8) is 0 Å². The average molecular weight is 699 g/mol. The molecule has 4 aromatic rings. The van der Waals surface area contributed by atoms with Crippen LogP contribution in [0.4, 0.5) is 0 Å². The first-order chi connectivity index (χ1) is 19.7. The summed E-state index contributed by atoms with van der Waals surface area (Å²) in [5.74, 6) is 1.65. The molecule has 0 heterocycles. The molecule has 0 bridgehead atoms. The first-order valence-electron chi connectivity index (χ1n) is 15.2. The molecule has 0 aromatic heterocycles. The summed E-state index contributed by atoms with van der Waals surface area (Å²) in [6, 6.07) is 36.8. The number of hydrogen-bond donors (Lipinski definition) is 0. The summed E-state index contributed by atoms with van der Waals surface area (Å²) in [6.07, 6.45) is 11.0. The molecule has 2 atom stereocenters. The second kappa shape index (κ2) is 10.1. The van der Waals surface area contributed by atoms with E-state index in [0.717, 1.165) is 19.2 Å². The SMILES string of the molecule is C[Si](C)=[Hf]([CH]1C(C2CC2)=Cc2c(-c3ccccc3)cccc21)[CH]1C(C2CC2)=Cc2c(-c3ccccc3)cccc21. The second-order valence-corrected chi connectivity index (χ2v) is 37.4. The second-order valence-electron chi connectivity index (χ2n) is 12.5. The predicted octanol–water partition coefficient (Wildman–Crippen LogP) is 10.3. The van der Waals surface area contributed by atoms with Crippen LogP contribution < -0.4 is 0 Å². The molecular formula is C38H36HfSi. The topological polar surface area (TPSA) is 0 Å². The summed E-state index contributed by atoms with van der Waals surface area (Å²) < 4.78 is 1.50. The molecule has 2 heteroatoms. The van der Waals surface area contributed by atoms with Crippen LogP contribution >= 0.6 is 0 Å². The van der Waals surface area contributed by atoms with E-state index in [-0.39, 0.29) is 0 Å². The predicted molar refractivity (Wildman–Crippen MR) is 168 cm³/mol. The number of benzene rings is 4. The van der Waals surface area contributed by atoms with E-state index in [2.05, 4.69) is 122 Å². The maximum atomic E-state index is 2.70. The molecule has 0 aliphatic heterocycles. The van der Waals surface area contributed by atoms with Gasteiger partial charge in [0.1, 0.15) is 0 Å². The molecule has 0 saturated heterocycles. The van der Waals surface area contributed by atoms with E-state index < -0.39 is 25.6 Å². The zero-order valence-electron chi connectivity index (χ0n) is 23.5. The fraction of sp³-hybridized carbons (Fsp3) is 0.263. The number of hydrogen-bond acceptors (Lipinski definition) is 0. The number of allylic oxidation sites excluding steroid dienone is 2. The first kappa shape index (κ1) is 25.2. The van der Waals surface area contributed by atoms with Crippen LogP contribution in [0.1, 0.15) is 55.3 Å². The molecule has 0 amide bonds. The van der Waals surface area contributed by atoms with Crippen molar-refractivity contribution in [3.05, 3.63) is 130 Å². The van der Waals surface area contributed by atoms with Crippen LogP contribution in [0.25, 0.3) is 34.4 Å². The molecule has 2 fully saturated rings. The van der Waals surface area contributed by atoms with E-state index >= 15 is 0 Å². The van der Waals surface area contributed by atoms with E-state index in [1.54, 1.807) is 22.3 Å². The minimum atomic E-state index is -2.34. The number of rotatable bonds is 6. The summed E-state index contributed by atoms with van der Waals surface area (Å²) in [5, 5.41) is 0. The number of fused-ring (bicyclic) bond motifs is 2. The molecule has 0 spiro atoms. The van der Waals surface area contributed by atoms with Crippen LogP contribution in [-0.4, -0.2) is 5.49 Å². The van der Waals surface area contributed by atoms with Gasteiger partial charge in [0.05, 0.1) is 0 Å². The Morgan fingerprint density at radius 2 is 0.950 bits per heavy atom. The van der Waals surface area contributed by atoms with E-state index in [9.17, 15) is 0 Å². The molecule has 0 radical (unpaired) electrons. The fourth-order valence-corrected chi connectivity index (χ4v) is 36.7. The standard InChI is InChI=1S/2C18H15.C2H6Si.Hf/c2*1-2-5-14(6-3-1)17-8-4-7-15-11-16(12-18(15)17)13-9-10-13;1-3-2;/h2*1-8,11-13H,9-10H2;1-2H3;. The van der Waals surface area contributed by atoms with Gasteiger partial charge in [-0.2, -0.15) is 0 Å². The van der Waals surface area contributed by atoms with Crippen LogP contribution in [0.3, 0.4) is 0 Å². The maximum absolute atomic E-state index is 2.70. The van der Waals surface area contributed by atoms with Crippen molar-refractivity contribution in [1.82, 2.24) is 0 Å². The van der Waals surface area contributed by atoms with Gasteiger partial charge in [-0.05, 0) is 0 Å². The van der Waals surface area contributed by atoms with Crippen molar-refractivity contribution >= 4 is 17.6 Å². The first-order valence-corrected chi connectivity index (χ1v) is 27.2. The van der Waals surface area contributed by atoms with Gasteiger partial charge in [-0.3, -0.25) is 0 Å². The van der Waals surface area contributed by atoms with Crippen molar-refractivity contribution in [2.24, 2.45) is 11.8 Å². The summed E-state index contributed by atoms with van der Waals surface area (Å²) in [5.41, 5.74) is 15.4. The van der Waals surface area contributed by atoms with Crippen LogP contribution in [0.2, 0.25) is 13.1 Å². The Labute approximate surface area is 247 Å². The summed E-state index contributed by atoms with van der Waals surface area (Å²) in [6.45, 7) is 5.39. The molecule has 8 rings (SSSR count). The minimum absolute atomic E-state index is 0.420. The summed E-state index contributed by atoms with van der Waals surface area (Å²) in [7, 11) is 0. The van der Waals surface area contributed by atoms with Crippen molar-refractivity contribution in [1.29, 1.82) is 0 Å². The molecule has 196 valence electrons. The Morgan fingerprint density at radius 3 is 1.32 bits per heavy atom. The van der Waals surface area contributed by atoms with Gasteiger partial charge in [0.15, 0.2) is 0 Å². The molecule has 0 nitrogen and oxygen atoms in total. The summed E-state index contributed by atoms with van der Waals surface area (Å²) >= 11 is -2.34. The van der Waals surface area contributed by atoms with Gasteiger partial charge in [-0.1, -0.05) is 0 Å². The molecule has 4 aromatic carbocycles. The molecule has 4 aliphatic rings. The van der Waals surface area contributed by atoms with Crippen molar-refractivity contribution in [3.8, 4) is 22.3 Å². The van der Waals surface area contributed by atoms with Gasteiger partial charge in [0.2, 0.25) is 0 Å². The Bertz CT molecular complexity index is 1590. The Hall–Kier alpha value is -2.55. The van der Waals surface area contributed by atoms with Gasteiger partial charge in [0, 0.05) is 0 Å². The zero-order chi connectivity index (χ0) is 26.8. The van der Waals surface area contributed by atoms with Crippen LogP contribution in [0, 0.1) is 11.8 Å². The third-order valence-corrected chi connectivity index (χ3v) is 37.1. The molecule has 4 aliphatic carbocycles. The van der Waals surface area contributed by atoms with Gasteiger partial charge in [-0.15, -0.1) is 0 Å². The zero-order valence-corrected chi connectivity index (χ0v) is 28.1. The van der Waals surface area contributed by atoms with Crippen molar-refractivity contribution in [2.75, 3.05) is 0 Å². The van der Waals surface area contributed by atoms with Gasteiger partial charge < -0.3 is 0 Å². The Kier molecular flexibility index (Phi) is 6.34. The molecule has 0 N–H and O–H groups in total. The quantitative estimate of drug-likeness (QED) is 0.176. The van der Waals surface area contributed by atoms with Crippen LogP contribution in [0.5, 0.6) is 0 Å². The van der Waals surface area contributed by atoms with Crippen LogP contribution in [-0.2, 0) is 20.1 Å². The fourth-order valence-electron chi connectivity index (χ4n) is 7.57. The third-order valence-electron chi connectivity index (χ3n) is 9.66. The van der Waals surface area contributed by atoms with E-state index in [4.69, 9.17) is 0 Å². The van der Waals surface area contributed by atoms with Crippen molar-refractivity contribution < 1.29 is 20.1 Å². The van der Waals surface area contributed by atoms with Crippen molar-refractivity contribution in [2.45, 2.75) is 46.1 Å². The molecular weight excluding hydrogens is 663 g/mol. The van der Waals surface area contributed by atoms with Gasteiger partial charge >= 0.3 is 248 Å². The monoisotopic (exact) mass is 700 g/mol.